The molecule has 26 heavy (non-hydrogen) atoms. The maximum atomic E-state index is 12.4. The monoisotopic (exact) mass is 382 g/mol. The van der Waals surface area contributed by atoms with Gasteiger partial charge in [-0.2, -0.15) is 0 Å². The van der Waals surface area contributed by atoms with Gasteiger partial charge in [0.1, 0.15) is 5.75 Å². The van der Waals surface area contributed by atoms with Gasteiger partial charge in [0, 0.05) is 6.42 Å². The van der Waals surface area contributed by atoms with Crippen LogP contribution >= 0.6 is 12.4 Å². The van der Waals surface area contributed by atoms with Gasteiger partial charge in [-0.3, -0.25) is 4.79 Å². The van der Waals surface area contributed by atoms with Crippen molar-refractivity contribution in [2.24, 2.45) is 17.8 Å². The Labute approximate surface area is 164 Å². The second-order valence-corrected chi connectivity index (χ2v) is 7.83. The van der Waals surface area contributed by atoms with Crippen molar-refractivity contribution in [1.29, 1.82) is 0 Å². The number of rotatable bonds is 8. The Morgan fingerprint density at radius 2 is 1.77 bits per heavy atom. The smallest absolute Gasteiger partial charge is 0.220 e. The topological polar surface area (TPSA) is 50.4 Å². The van der Waals surface area contributed by atoms with E-state index in [-0.39, 0.29) is 24.4 Å². The summed E-state index contributed by atoms with van der Waals surface area (Å²) in [7, 11) is 0. The molecule has 1 saturated heterocycles. The van der Waals surface area contributed by atoms with Crippen molar-refractivity contribution in [2.45, 2.75) is 53.0 Å². The Hall–Kier alpha value is -1.26. The zero-order valence-corrected chi connectivity index (χ0v) is 17.4. The number of carbonyl (C=O) groups is 1. The zero-order chi connectivity index (χ0) is 18.2. The van der Waals surface area contributed by atoms with Crippen LogP contribution in [0.2, 0.25) is 0 Å². The second kappa shape index (κ2) is 11.5. The molecule has 1 amide bonds. The highest BCUT2D eigenvalue weighted by Gasteiger charge is 2.22. The molecule has 1 fully saturated rings. The summed E-state index contributed by atoms with van der Waals surface area (Å²) in [6, 6.07) is 8.07. The lowest BCUT2D eigenvalue weighted by molar-refractivity contribution is -0.123. The van der Waals surface area contributed by atoms with E-state index >= 15 is 0 Å². The average molecular weight is 383 g/mol. The van der Waals surface area contributed by atoms with Crippen LogP contribution in [-0.4, -0.2) is 25.6 Å². The molecule has 2 unspecified atom stereocenters. The van der Waals surface area contributed by atoms with Crippen LogP contribution in [0.3, 0.4) is 0 Å². The number of benzene rings is 1. The molecule has 0 saturated carbocycles. The third-order valence-electron chi connectivity index (χ3n) is 5.04. The molecule has 1 aromatic rings. The van der Waals surface area contributed by atoms with Crippen LogP contribution in [-0.2, 0) is 4.79 Å². The Balaban J connectivity index is 0.00000338. The van der Waals surface area contributed by atoms with E-state index in [1.165, 1.54) is 12.8 Å². The molecule has 2 rings (SSSR count). The van der Waals surface area contributed by atoms with E-state index < -0.39 is 0 Å². The van der Waals surface area contributed by atoms with E-state index in [0.29, 0.717) is 24.2 Å². The van der Waals surface area contributed by atoms with Gasteiger partial charge >= 0.3 is 0 Å². The molecule has 2 N–H and O–H groups in total. The van der Waals surface area contributed by atoms with Gasteiger partial charge < -0.3 is 15.4 Å². The number of hydrogen-bond acceptors (Lipinski definition) is 3. The number of carbonyl (C=O) groups excluding carboxylic acids is 1. The fourth-order valence-corrected chi connectivity index (χ4v) is 3.37. The molecule has 0 bridgehead atoms. The van der Waals surface area contributed by atoms with Crippen molar-refractivity contribution in [1.82, 2.24) is 10.6 Å². The molecule has 1 aliphatic heterocycles. The van der Waals surface area contributed by atoms with Crippen molar-refractivity contribution in [2.75, 3.05) is 19.7 Å². The fourth-order valence-electron chi connectivity index (χ4n) is 3.37. The van der Waals surface area contributed by atoms with Crippen molar-refractivity contribution < 1.29 is 9.53 Å². The van der Waals surface area contributed by atoms with E-state index in [2.05, 4.69) is 31.4 Å². The summed E-state index contributed by atoms with van der Waals surface area (Å²) in [4.78, 5) is 12.4. The van der Waals surface area contributed by atoms with Gasteiger partial charge in [-0.1, -0.05) is 32.9 Å². The lowest BCUT2D eigenvalue weighted by atomic mass is 9.84. The number of halogens is 1. The fraction of sp³-hybridized carbons (Fsp3) is 0.667. The summed E-state index contributed by atoms with van der Waals surface area (Å²) in [5.41, 5.74) is 1.11. The van der Waals surface area contributed by atoms with Gasteiger partial charge in [-0.05, 0) is 68.3 Å². The number of nitrogens with one attached hydrogen (secondary N) is 2. The molecule has 148 valence electrons. The predicted octanol–water partition coefficient (Wildman–Crippen LogP) is 4.35. The first kappa shape index (κ1) is 22.8. The molecule has 0 aliphatic carbocycles. The van der Waals surface area contributed by atoms with E-state index in [1.54, 1.807) is 0 Å². The van der Waals surface area contributed by atoms with Crippen LogP contribution in [0.4, 0.5) is 0 Å². The molecule has 5 heteroatoms. The minimum Gasteiger partial charge on any atom is -0.493 e. The molecule has 0 radical (unpaired) electrons. The van der Waals surface area contributed by atoms with Gasteiger partial charge in [-0.25, -0.2) is 0 Å². The maximum absolute atomic E-state index is 12.4. The van der Waals surface area contributed by atoms with Gasteiger partial charge in [0.25, 0.3) is 0 Å². The van der Waals surface area contributed by atoms with Crippen LogP contribution in [0, 0.1) is 17.8 Å². The largest absolute Gasteiger partial charge is 0.493 e. The highest BCUT2D eigenvalue weighted by Crippen LogP contribution is 2.25. The lowest BCUT2D eigenvalue weighted by Gasteiger charge is -2.28. The lowest BCUT2D eigenvalue weighted by Crippen LogP contribution is -2.34. The Morgan fingerprint density at radius 3 is 2.35 bits per heavy atom. The van der Waals surface area contributed by atoms with Crippen LogP contribution in [0.15, 0.2) is 24.3 Å². The highest BCUT2D eigenvalue weighted by molar-refractivity contribution is 5.85. The van der Waals surface area contributed by atoms with Crippen molar-refractivity contribution in [3.8, 4) is 5.75 Å². The Morgan fingerprint density at radius 1 is 1.15 bits per heavy atom. The normalized spacial score (nSPS) is 17.3. The number of hydrogen-bond donors (Lipinski definition) is 2. The molecular weight excluding hydrogens is 348 g/mol. The van der Waals surface area contributed by atoms with E-state index in [4.69, 9.17) is 4.74 Å². The van der Waals surface area contributed by atoms with E-state index in [1.807, 2.05) is 31.2 Å². The van der Waals surface area contributed by atoms with Crippen molar-refractivity contribution in [3.63, 3.8) is 0 Å². The predicted molar refractivity (Wildman–Crippen MR) is 110 cm³/mol. The molecule has 2 atom stereocenters. The van der Waals surface area contributed by atoms with Crippen molar-refractivity contribution >= 4 is 18.3 Å². The summed E-state index contributed by atoms with van der Waals surface area (Å²) >= 11 is 0. The minimum absolute atomic E-state index is 0. The van der Waals surface area contributed by atoms with Gasteiger partial charge in [0.15, 0.2) is 0 Å². The maximum Gasteiger partial charge on any atom is 0.220 e. The molecule has 1 aliphatic rings. The zero-order valence-electron chi connectivity index (χ0n) is 16.6. The van der Waals surface area contributed by atoms with E-state index in [0.717, 1.165) is 31.0 Å². The summed E-state index contributed by atoms with van der Waals surface area (Å²) < 4.78 is 5.71. The van der Waals surface area contributed by atoms with Crippen LogP contribution in [0.5, 0.6) is 5.75 Å². The first-order chi connectivity index (χ1) is 12.0. The average Bonchev–Trinajstić information content (AvgIpc) is 2.61. The molecule has 1 aromatic carbocycles. The number of amides is 1. The number of ether oxygens (including phenoxy) is 1. The second-order valence-electron chi connectivity index (χ2n) is 7.83. The highest BCUT2D eigenvalue weighted by atomic mass is 35.5. The summed E-state index contributed by atoms with van der Waals surface area (Å²) in [5, 5.41) is 6.53. The van der Waals surface area contributed by atoms with Crippen LogP contribution in [0.1, 0.15) is 58.6 Å². The number of piperidine rings is 1. The third kappa shape index (κ3) is 7.55. The molecule has 1 heterocycles. The van der Waals surface area contributed by atoms with E-state index in [9.17, 15) is 4.79 Å². The Kier molecular flexibility index (Phi) is 10.0. The first-order valence-electron chi connectivity index (χ1n) is 9.68. The summed E-state index contributed by atoms with van der Waals surface area (Å²) in [5.74, 6) is 2.66. The van der Waals surface area contributed by atoms with Gasteiger partial charge in [0.05, 0.1) is 12.6 Å². The van der Waals surface area contributed by atoms with Crippen LogP contribution in [0.25, 0.3) is 0 Å². The standard InChI is InChI=1S/C21H34N2O2.ClH/c1-15(2)14-25-20-7-5-19(6-8-20)17(4)23-21(24)13-16(3)18-9-11-22-12-10-18;/h5-8,15-18,22H,9-14H2,1-4H3,(H,23,24);1H. The van der Waals surface area contributed by atoms with Crippen LogP contribution < -0.4 is 15.4 Å². The van der Waals surface area contributed by atoms with Crippen molar-refractivity contribution in [3.05, 3.63) is 29.8 Å². The van der Waals surface area contributed by atoms with Gasteiger partial charge in [-0.15, -0.1) is 12.4 Å². The van der Waals surface area contributed by atoms with Gasteiger partial charge in [0.2, 0.25) is 5.91 Å². The molecule has 0 spiro atoms. The quantitative estimate of drug-likeness (QED) is 0.702. The SMILES string of the molecule is CC(C)COc1ccc(C(C)NC(=O)CC(C)C2CCNCC2)cc1.Cl. The molecule has 4 nitrogen and oxygen atoms in total. The first-order valence-corrected chi connectivity index (χ1v) is 9.68. The minimum atomic E-state index is 0. The third-order valence-corrected chi connectivity index (χ3v) is 5.04. The summed E-state index contributed by atoms with van der Waals surface area (Å²) in [6.07, 6.45) is 2.98. The molecule has 0 aromatic heterocycles. The summed E-state index contributed by atoms with van der Waals surface area (Å²) in [6.45, 7) is 11.4. The Bertz CT molecular complexity index is 527. The molecular formula is C21H35ClN2O2.